The number of methoxy groups -OCH3 is 1. The van der Waals surface area contributed by atoms with Crippen molar-refractivity contribution in [1.82, 2.24) is 9.97 Å². The molecule has 0 aliphatic carbocycles. The summed E-state index contributed by atoms with van der Waals surface area (Å²) in [5.74, 6) is -1.77. The molecule has 0 atom stereocenters. The first-order chi connectivity index (χ1) is 21.5. The van der Waals surface area contributed by atoms with E-state index in [0.717, 1.165) is 7.11 Å². The number of rotatable bonds is 6. The molecular formula is C32H32FN5O8. The number of fused-ring (bicyclic) bond motifs is 1. The number of para-hydroxylation sites is 1. The normalized spacial score (nSPS) is 11.5. The molecule has 2 heterocycles. The van der Waals surface area contributed by atoms with Gasteiger partial charge in [0.05, 0.1) is 12.0 Å². The van der Waals surface area contributed by atoms with Gasteiger partial charge in [-0.2, -0.15) is 4.90 Å². The Balaban J connectivity index is 1.90. The second-order valence-electron chi connectivity index (χ2n) is 12.0. The number of carbonyl (C=O) groups is 3. The van der Waals surface area contributed by atoms with Crippen LogP contribution in [0.5, 0.6) is 0 Å². The number of nitrogens with zero attached hydrogens (tertiary/aromatic N) is 4. The molecule has 0 radical (unpaired) electrons. The summed E-state index contributed by atoms with van der Waals surface area (Å²) in [6.07, 6.45) is 0.536. The van der Waals surface area contributed by atoms with E-state index in [2.05, 4.69) is 15.3 Å². The molecule has 2 aromatic carbocycles. The monoisotopic (exact) mass is 633 g/mol. The number of nitrogens with one attached hydrogen (secondary N) is 1. The third kappa shape index (κ3) is 7.52. The second-order valence-corrected chi connectivity index (χ2v) is 12.0. The highest BCUT2D eigenvalue weighted by atomic mass is 19.1. The molecule has 2 amide bonds. The molecule has 46 heavy (non-hydrogen) atoms. The topological polar surface area (TPSA) is 163 Å². The Bertz CT molecular complexity index is 1820. The predicted octanol–water partition coefficient (Wildman–Crippen LogP) is 7.55. The Hall–Kier alpha value is -5.66. The highest BCUT2D eigenvalue weighted by Gasteiger charge is 2.34. The third-order valence-electron chi connectivity index (χ3n) is 6.15. The Morgan fingerprint density at radius 3 is 2.09 bits per heavy atom. The van der Waals surface area contributed by atoms with Crippen LogP contribution >= 0.6 is 0 Å². The van der Waals surface area contributed by atoms with Gasteiger partial charge in [-0.1, -0.05) is 12.1 Å². The SMILES string of the molecule is COC(=O)c1cc(-c2ccnc(N(C(=O)OC(C)(C)C)C(=O)OC(C)(C)C)c2)cc(Nc2ccnc3c(F)cccc23)c1[N+](=O)[O-]. The van der Waals surface area contributed by atoms with Crippen LogP contribution in [-0.4, -0.2) is 51.4 Å². The van der Waals surface area contributed by atoms with E-state index >= 15 is 0 Å². The Morgan fingerprint density at radius 1 is 0.870 bits per heavy atom. The van der Waals surface area contributed by atoms with Gasteiger partial charge in [0.1, 0.15) is 39.6 Å². The van der Waals surface area contributed by atoms with Crippen molar-refractivity contribution in [1.29, 1.82) is 0 Å². The number of carbonyl (C=O) groups excluding carboxylic acids is 3. The summed E-state index contributed by atoms with van der Waals surface area (Å²) in [5.41, 5.74) is -2.21. The van der Waals surface area contributed by atoms with E-state index in [-0.39, 0.29) is 28.3 Å². The number of hydrogen-bond acceptors (Lipinski definition) is 11. The molecule has 4 rings (SSSR count). The van der Waals surface area contributed by atoms with Gasteiger partial charge in [0.2, 0.25) is 0 Å². The van der Waals surface area contributed by atoms with Crippen LogP contribution in [0, 0.1) is 15.9 Å². The zero-order chi connectivity index (χ0) is 34.0. The number of anilines is 3. The van der Waals surface area contributed by atoms with E-state index < -0.39 is 51.3 Å². The molecule has 0 saturated heterocycles. The molecule has 14 heteroatoms. The summed E-state index contributed by atoms with van der Waals surface area (Å²) in [4.78, 5) is 59.7. The minimum absolute atomic E-state index is 0.0302. The average Bonchev–Trinajstić information content (AvgIpc) is 2.95. The van der Waals surface area contributed by atoms with Gasteiger partial charge in [-0.15, -0.1) is 0 Å². The van der Waals surface area contributed by atoms with E-state index in [0.29, 0.717) is 15.8 Å². The molecule has 1 N–H and O–H groups in total. The highest BCUT2D eigenvalue weighted by molar-refractivity contribution is 6.09. The lowest BCUT2D eigenvalue weighted by Gasteiger charge is -2.28. The molecule has 13 nitrogen and oxygen atoms in total. The number of benzene rings is 2. The summed E-state index contributed by atoms with van der Waals surface area (Å²) < 4.78 is 30.2. The van der Waals surface area contributed by atoms with E-state index in [1.807, 2.05) is 0 Å². The number of esters is 1. The van der Waals surface area contributed by atoms with Crippen LogP contribution in [-0.2, 0) is 14.2 Å². The Kier molecular flexibility index (Phi) is 9.21. The third-order valence-corrected chi connectivity index (χ3v) is 6.15. The average molecular weight is 634 g/mol. The van der Waals surface area contributed by atoms with E-state index in [4.69, 9.17) is 14.2 Å². The molecule has 0 saturated carbocycles. The van der Waals surface area contributed by atoms with E-state index in [1.54, 1.807) is 47.6 Å². The Labute approximate surface area is 263 Å². The number of halogens is 1. The maximum absolute atomic E-state index is 14.5. The minimum Gasteiger partial charge on any atom is -0.465 e. The lowest BCUT2D eigenvalue weighted by Crippen LogP contribution is -2.44. The molecular weight excluding hydrogens is 601 g/mol. The molecule has 4 aromatic rings. The van der Waals surface area contributed by atoms with Crippen molar-refractivity contribution in [2.75, 3.05) is 17.3 Å². The largest absolute Gasteiger partial charge is 0.465 e. The smallest absolute Gasteiger partial charge is 0.425 e. The first-order valence-corrected chi connectivity index (χ1v) is 13.9. The summed E-state index contributed by atoms with van der Waals surface area (Å²) in [5, 5.41) is 15.6. The molecule has 240 valence electrons. The number of aromatic nitrogens is 2. The van der Waals surface area contributed by atoms with Gasteiger partial charge in [0, 0.05) is 23.5 Å². The van der Waals surface area contributed by atoms with E-state index in [9.17, 15) is 28.9 Å². The van der Waals surface area contributed by atoms with Crippen molar-refractivity contribution in [2.24, 2.45) is 0 Å². The van der Waals surface area contributed by atoms with Gasteiger partial charge in [-0.3, -0.25) is 15.1 Å². The molecule has 0 bridgehead atoms. The zero-order valence-corrected chi connectivity index (χ0v) is 26.2. The lowest BCUT2D eigenvalue weighted by atomic mass is 10.0. The number of pyridine rings is 2. The van der Waals surface area contributed by atoms with Gasteiger partial charge in [-0.25, -0.2) is 23.8 Å². The van der Waals surface area contributed by atoms with Crippen LogP contribution in [0.1, 0.15) is 51.9 Å². The molecule has 0 unspecified atom stereocenters. The minimum atomic E-state index is -1.05. The second kappa shape index (κ2) is 12.8. The first kappa shape index (κ1) is 33.2. The van der Waals surface area contributed by atoms with Crippen molar-refractivity contribution in [3.63, 3.8) is 0 Å². The first-order valence-electron chi connectivity index (χ1n) is 13.9. The summed E-state index contributed by atoms with van der Waals surface area (Å²) in [6.45, 7) is 9.76. The van der Waals surface area contributed by atoms with Crippen molar-refractivity contribution in [3.8, 4) is 11.1 Å². The number of amides is 2. The van der Waals surface area contributed by atoms with Gasteiger partial charge in [0.25, 0.3) is 0 Å². The zero-order valence-electron chi connectivity index (χ0n) is 26.2. The number of imide groups is 1. The quantitative estimate of drug-likeness (QED) is 0.0965. The van der Waals surface area contributed by atoms with Crippen molar-refractivity contribution in [2.45, 2.75) is 52.7 Å². The molecule has 2 aromatic heterocycles. The van der Waals surface area contributed by atoms with Crippen molar-refractivity contribution < 1.29 is 37.9 Å². The fraction of sp³-hybridized carbons (Fsp3) is 0.281. The highest BCUT2D eigenvalue weighted by Crippen LogP contribution is 2.39. The van der Waals surface area contributed by atoms with Gasteiger partial charge < -0.3 is 19.5 Å². The van der Waals surface area contributed by atoms with E-state index in [1.165, 1.54) is 54.9 Å². The van der Waals surface area contributed by atoms with Gasteiger partial charge in [-0.05, 0) is 89.1 Å². The van der Waals surface area contributed by atoms with Crippen molar-refractivity contribution in [3.05, 3.63) is 82.4 Å². The van der Waals surface area contributed by atoms with Crippen LogP contribution in [0.2, 0.25) is 0 Å². The van der Waals surface area contributed by atoms with Crippen LogP contribution in [0.4, 0.5) is 36.9 Å². The van der Waals surface area contributed by atoms with Crippen LogP contribution in [0.15, 0.2) is 60.9 Å². The maximum Gasteiger partial charge on any atom is 0.425 e. The number of hydrogen-bond donors (Lipinski definition) is 1. The molecule has 0 fully saturated rings. The van der Waals surface area contributed by atoms with Crippen LogP contribution < -0.4 is 10.2 Å². The van der Waals surface area contributed by atoms with Crippen LogP contribution in [0.25, 0.3) is 22.0 Å². The molecule has 0 aliphatic heterocycles. The lowest BCUT2D eigenvalue weighted by molar-refractivity contribution is -0.384. The molecule has 0 aliphatic rings. The number of nitro groups is 1. The molecule has 0 spiro atoms. The van der Waals surface area contributed by atoms with Gasteiger partial charge >= 0.3 is 23.8 Å². The number of ether oxygens (including phenoxy) is 3. The Morgan fingerprint density at radius 2 is 1.50 bits per heavy atom. The van der Waals surface area contributed by atoms with Gasteiger partial charge in [0.15, 0.2) is 0 Å². The fourth-order valence-electron chi connectivity index (χ4n) is 4.35. The summed E-state index contributed by atoms with van der Waals surface area (Å²) in [6, 6.07) is 11.3. The summed E-state index contributed by atoms with van der Waals surface area (Å²) in [7, 11) is 1.08. The summed E-state index contributed by atoms with van der Waals surface area (Å²) >= 11 is 0. The predicted molar refractivity (Wildman–Crippen MR) is 168 cm³/mol. The maximum atomic E-state index is 14.5. The fourth-order valence-corrected chi connectivity index (χ4v) is 4.35. The standard InChI is InChI=1S/C32H32FN5O8/c1-31(2,3)45-29(40)37(30(41)46-32(4,5)6)25-17-18(11-13-34-25)19-15-21(28(39)44-7)27(38(42)43)24(16-19)36-23-12-14-35-26-20(23)9-8-10-22(26)33/h8-17H,1-7H3,(H,35,36). The van der Waals surface area contributed by atoms with Crippen LogP contribution in [0.3, 0.4) is 0 Å². The van der Waals surface area contributed by atoms with Crippen molar-refractivity contribution >= 4 is 51.9 Å². The number of nitro benzene ring substituents is 1.